The Morgan fingerprint density at radius 1 is 1.12 bits per heavy atom. The van der Waals surface area contributed by atoms with Crippen molar-refractivity contribution in [2.45, 2.75) is 64.6 Å². The number of aromatic nitrogens is 2. The van der Waals surface area contributed by atoms with Crippen LogP contribution in [0.1, 0.15) is 46.5 Å². The summed E-state index contributed by atoms with van der Waals surface area (Å²) in [6, 6.07) is 0.285. The zero-order valence-corrected chi connectivity index (χ0v) is 16.1. The molecular formula is C19H31N5O2. The molecule has 1 atom stereocenters. The first-order chi connectivity index (χ1) is 12.5. The maximum absolute atomic E-state index is 12.5. The Balaban J connectivity index is 1.54. The van der Waals surface area contributed by atoms with Crippen molar-refractivity contribution in [1.82, 2.24) is 20.2 Å². The molecule has 26 heavy (non-hydrogen) atoms. The number of hydrogen-bond acceptors (Lipinski definition) is 6. The minimum atomic E-state index is -0.0917. The fraction of sp³-hybridized carbons (Fsp3) is 0.737. The summed E-state index contributed by atoms with van der Waals surface area (Å²) in [7, 11) is 0. The van der Waals surface area contributed by atoms with Crippen LogP contribution in [0.2, 0.25) is 0 Å². The van der Waals surface area contributed by atoms with Gasteiger partial charge in [-0.05, 0) is 33.6 Å². The van der Waals surface area contributed by atoms with E-state index in [0.29, 0.717) is 11.9 Å². The summed E-state index contributed by atoms with van der Waals surface area (Å²) in [5.74, 6) is 1.54. The lowest BCUT2D eigenvalue weighted by molar-refractivity contribution is -0.126. The van der Waals surface area contributed by atoms with Crippen molar-refractivity contribution in [2.75, 3.05) is 31.1 Å². The Hall–Kier alpha value is -1.89. The van der Waals surface area contributed by atoms with Crippen LogP contribution >= 0.6 is 0 Å². The van der Waals surface area contributed by atoms with Crippen molar-refractivity contribution in [1.29, 1.82) is 0 Å². The molecule has 2 fully saturated rings. The van der Waals surface area contributed by atoms with E-state index >= 15 is 0 Å². The smallest absolute Gasteiger partial charge is 0.257 e. The number of anilines is 1. The van der Waals surface area contributed by atoms with Gasteiger partial charge in [0.25, 0.3) is 5.88 Å². The first kappa shape index (κ1) is 18.9. The summed E-state index contributed by atoms with van der Waals surface area (Å²) >= 11 is 0. The molecule has 2 aliphatic rings. The van der Waals surface area contributed by atoms with Crippen LogP contribution < -0.4 is 15.0 Å². The zero-order chi connectivity index (χ0) is 18.5. The number of carbonyl (C=O) groups excluding carboxylic acids is 1. The van der Waals surface area contributed by atoms with E-state index in [2.05, 4.69) is 25.1 Å². The molecule has 1 aliphatic heterocycles. The van der Waals surface area contributed by atoms with E-state index in [9.17, 15) is 4.79 Å². The van der Waals surface area contributed by atoms with E-state index < -0.39 is 0 Å². The molecule has 1 aromatic rings. The van der Waals surface area contributed by atoms with Crippen LogP contribution in [0, 0.1) is 0 Å². The van der Waals surface area contributed by atoms with Crippen LogP contribution in [0.25, 0.3) is 0 Å². The van der Waals surface area contributed by atoms with Gasteiger partial charge in [-0.3, -0.25) is 9.69 Å². The molecule has 1 saturated carbocycles. The Kier molecular flexibility index (Phi) is 6.29. The second kappa shape index (κ2) is 8.66. The van der Waals surface area contributed by atoms with Crippen molar-refractivity contribution in [3.8, 4) is 5.88 Å². The van der Waals surface area contributed by atoms with Crippen molar-refractivity contribution in [3.05, 3.63) is 12.4 Å². The van der Waals surface area contributed by atoms with E-state index in [1.165, 1.54) is 12.8 Å². The second-order valence-electron chi connectivity index (χ2n) is 7.54. The van der Waals surface area contributed by atoms with Gasteiger partial charge in [0, 0.05) is 44.6 Å². The summed E-state index contributed by atoms with van der Waals surface area (Å²) in [5.41, 5.74) is 0. The summed E-state index contributed by atoms with van der Waals surface area (Å²) in [5, 5.41) is 3.21. The largest absolute Gasteiger partial charge is 0.472 e. The molecule has 1 saturated heterocycles. The monoisotopic (exact) mass is 361 g/mol. The minimum Gasteiger partial charge on any atom is -0.472 e. The van der Waals surface area contributed by atoms with Gasteiger partial charge < -0.3 is 15.0 Å². The Morgan fingerprint density at radius 2 is 1.77 bits per heavy atom. The predicted molar refractivity (Wildman–Crippen MR) is 101 cm³/mol. The molecule has 7 nitrogen and oxygen atoms in total. The van der Waals surface area contributed by atoms with Crippen LogP contribution in [0.15, 0.2) is 12.4 Å². The standard InChI is InChI=1S/C19H31N5O2/c1-14(2)26-19-17(20-8-9-21-19)24-12-10-23(11-13-24)15(3)18(25)22-16-6-4-5-7-16/h8-9,14-16H,4-7,10-13H2,1-3H3,(H,22,25). The van der Waals surface area contributed by atoms with Gasteiger partial charge in [-0.25, -0.2) is 9.97 Å². The summed E-state index contributed by atoms with van der Waals surface area (Å²) in [6.45, 7) is 9.27. The summed E-state index contributed by atoms with van der Waals surface area (Å²) in [4.78, 5) is 25.8. The molecule has 144 valence electrons. The van der Waals surface area contributed by atoms with Crippen LogP contribution in [0.5, 0.6) is 5.88 Å². The van der Waals surface area contributed by atoms with Crippen LogP contribution in [0.3, 0.4) is 0 Å². The lowest BCUT2D eigenvalue weighted by Crippen LogP contribution is -2.55. The molecule has 1 aromatic heterocycles. The van der Waals surface area contributed by atoms with Gasteiger partial charge in [0.2, 0.25) is 5.91 Å². The average molecular weight is 361 g/mol. The van der Waals surface area contributed by atoms with Gasteiger partial charge in [0.1, 0.15) is 0 Å². The molecule has 0 bridgehead atoms. The van der Waals surface area contributed by atoms with Gasteiger partial charge >= 0.3 is 0 Å². The van der Waals surface area contributed by atoms with Crippen molar-refractivity contribution < 1.29 is 9.53 Å². The minimum absolute atomic E-state index is 0.0612. The molecule has 1 aliphatic carbocycles. The number of ether oxygens (including phenoxy) is 1. The molecule has 3 rings (SSSR count). The highest BCUT2D eigenvalue weighted by Gasteiger charge is 2.29. The second-order valence-corrected chi connectivity index (χ2v) is 7.54. The van der Waals surface area contributed by atoms with E-state index in [-0.39, 0.29) is 18.1 Å². The third kappa shape index (κ3) is 4.63. The fourth-order valence-corrected chi connectivity index (χ4v) is 3.72. The lowest BCUT2D eigenvalue weighted by Gasteiger charge is -2.38. The Morgan fingerprint density at radius 3 is 2.42 bits per heavy atom. The Labute approximate surface area is 156 Å². The maximum Gasteiger partial charge on any atom is 0.257 e. The lowest BCUT2D eigenvalue weighted by atomic mass is 10.2. The Bertz CT molecular complexity index is 595. The highest BCUT2D eigenvalue weighted by molar-refractivity contribution is 5.81. The van der Waals surface area contributed by atoms with E-state index in [0.717, 1.165) is 44.8 Å². The van der Waals surface area contributed by atoms with Gasteiger partial charge in [-0.1, -0.05) is 12.8 Å². The van der Waals surface area contributed by atoms with E-state index in [1.54, 1.807) is 12.4 Å². The van der Waals surface area contributed by atoms with Gasteiger partial charge in [-0.15, -0.1) is 0 Å². The normalized spacial score (nSPS) is 20.4. The molecule has 2 heterocycles. The molecule has 0 aromatic carbocycles. The molecule has 0 spiro atoms. The van der Waals surface area contributed by atoms with E-state index in [4.69, 9.17) is 4.74 Å². The number of nitrogens with zero attached hydrogens (tertiary/aromatic N) is 4. The highest BCUT2D eigenvalue weighted by Crippen LogP contribution is 2.25. The number of amides is 1. The molecule has 0 radical (unpaired) electrons. The molecule has 7 heteroatoms. The van der Waals surface area contributed by atoms with Crippen molar-refractivity contribution in [3.63, 3.8) is 0 Å². The summed E-state index contributed by atoms with van der Waals surface area (Å²) < 4.78 is 5.79. The number of nitrogens with one attached hydrogen (secondary N) is 1. The van der Waals surface area contributed by atoms with Crippen LogP contribution in [-0.2, 0) is 4.79 Å². The third-order valence-corrected chi connectivity index (χ3v) is 5.24. The van der Waals surface area contributed by atoms with Gasteiger partial charge in [0.05, 0.1) is 12.1 Å². The number of carbonyl (C=O) groups is 1. The SMILES string of the molecule is CC(C)Oc1nccnc1N1CCN(C(C)C(=O)NC2CCCC2)CC1. The zero-order valence-electron chi connectivity index (χ0n) is 16.1. The van der Waals surface area contributed by atoms with Gasteiger partial charge in [0.15, 0.2) is 5.82 Å². The van der Waals surface area contributed by atoms with Crippen molar-refractivity contribution in [2.24, 2.45) is 0 Å². The average Bonchev–Trinajstić information content (AvgIpc) is 3.14. The first-order valence-corrected chi connectivity index (χ1v) is 9.81. The molecule has 1 N–H and O–H groups in total. The van der Waals surface area contributed by atoms with Crippen LogP contribution in [-0.4, -0.2) is 65.1 Å². The molecular weight excluding hydrogens is 330 g/mol. The third-order valence-electron chi connectivity index (χ3n) is 5.24. The first-order valence-electron chi connectivity index (χ1n) is 9.81. The number of hydrogen-bond donors (Lipinski definition) is 1. The van der Waals surface area contributed by atoms with Crippen molar-refractivity contribution >= 4 is 11.7 Å². The molecule has 1 amide bonds. The van der Waals surface area contributed by atoms with Gasteiger partial charge in [-0.2, -0.15) is 0 Å². The number of rotatable bonds is 6. The molecule has 1 unspecified atom stereocenters. The maximum atomic E-state index is 12.5. The van der Waals surface area contributed by atoms with Crippen LogP contribution in [0.4, 0.5) is 5.82 Å². The van der Waals surface area contributed by atoms with E-state index in [1.807, 2.05) is 20.8 Å². The predicted octanol–water partition coefficient (Wildman–Crippen LogP) is 1.83. The fourth-order valence-electron chi connectivity index (χ4n) is 3.72. The number of piperazine rings is 1. The highest BCUT2D eigenvalue weighted by atomic mass is 16.5. The summed E-state index contributed by atoms with van der Waals surface area (Å²) in [6.07, 6.45) is 8.13. The quantitative estimate of drug-likeness (QED) is 0.834. The topological polar surface area (TPSA) is 70.6 Å².